The molecule has 0 radical (unpaired) electrons. The number of hydrogen-bond donors (Lipinski definition) is 1. The molecule has 16 heavy (non-hydrogen) atoms. The van der Waals surface area contributed by atoms with E-state index < -0.39 is 5.97 Å². The highest BCUT2D eigenvalue weighted by Crippen LogP contribution is 2.23. The molecule has 1 atom stereocenters. The number of aromatic nitrogens is 1. The molecule has 1 aromatic heterocycles. The summed E-state index contributed by atoms with van der Waals surface area (Å²) in [5, 5.41) is 9.10. The number of anilines is 1. The molecule has 2 heterocycles. The summed E-state index contributed by atoms with van der Waals surface area (Å²) in [6.07, 6.45) is 3.10. The Morgan fingerprint density at radius 2 is 2.50 bits per heavy atom. The van der Waals surface area contributed by atoms with E-state index in [2.05, 4.69) is 4.98 Å². The maximum absolute atomic E-state index is 11.1. The maximum Gasteiger partial charge on any atom is 0.337 e. The first-order valence-electron chi connectivity index (χ1n) is 5.22. The summed E-state index contributed by atoms with van der Waals surface area (Å²) in [5.74, 6) is -0.920. The second-order valence-electron chi connectivity index (χ2n) is 3.82. The highest BCUT2D eigenvalue weighted by molar-refractivity contribution is 5.94. The van der Waals surface area contributed by atoms with Crippen molar-refractivity contribution >= 4 is 11.7 Å². The molecule has 1 aromatic rings. The third-order valence-electron chi connectivity index (χ3n) is 2.71. The minimum absolute atomic E-state index is 0.177. The van der Waals surface area contributed by atoms with Crippen molar-refractivity contribution in [1.82, 2.24) is 4.98 Å². The second-order valence-corrected chi connectivity index (χ2v) is 3.82. The Hall–Kier alpha value is -1.62. The van der Waals surface area contributed by atoms with E-state index >= 15 is 0 Å². The lowest BCUT2D eigenvalue weighted by Crippen LogP contribution is -2.44. The van der Waals surface area contributed by atoms with E-state index in [0.717, 1.165) is 0 Å². The molecule has 2 rings (SSSR count). The van der Waals surface area contributed by atoms with E-state index in [1.54, 1.807) is 6.20 Å². The standard InChI is InChI=1S/C11H14N2O3/c1-8-7-16-5-4-13(8)10-6-12-3-2-9(10)11(14)15/h2-3,6,8H,4-5,7H2,1H3,(H,14,15). The summed E-state index contributed by atoms with van der Waals surface area (Å²) in [4.78, 5) is 17.1. The SMILES string of the molecule is CC1COCCN1c1cnccc1C(=O)O. The van der Waals surface area contributed by atoms with E-state index in [1.807, 2.05) is 11.8 Å². The lowest BCUT2D eigenvalue weighted by Gasteiger charge is -2.35. The number of carboxylic acids is 1. The quantitative estimate of drug-likeness (QED) is 0.809. The van der Waals surface area contributed by atoms with Crippen LogP contribution in [0.3, 0.4) is 0 Å². The van der Waals surface area contributed by atoms with E-state index in [-0.39, 0.29) is 6.04 Å². The predicted octanol–water partition coefficient (Wildman–Crippen LogP) is 1.00. The Kier molecular flexibility index (Phi) is 3.05. The fourth-order valence-corrected chi connectivity index (χ4v) is 1.88. The van der Waals surface area contributed by atoms with E-state index in [1.165, 1.54) is 12.3 Å². The summed E-state index contributed by atoms with van der Waals surface area (Å²) in [7, 11) is 0. The first kappa shape index (κ1) is 10.9. The third-order valence-corrected chi connectivity index (χ3v) is 2.71. The van der Waals surface area contributed by atoms with Crippen LogP contribution in [0.15, 0.2) is 18.5 Å². The molecule has 1 aliphatic rings. The normalized spacial score (nSPS) is 20.8. The molecule has 0 spiro atoms. The lowest BCUT2D eigenvalue weighted by atomic mass is 10.1. The summed E-state index contributed by atoms with van der Waals surface area (Å²) in [6, 6.07) is 1.70. The summed E-state index contributed by atoms with van der Waals surface area (Å²) in [5.41, 5.74) is 0.967. The van der Waals surface area contributed by atoms with Crippen molar-refractivity contribution in [2.75, 3.05) is 24.7 Å². The average Bonchev–Trinajstić information content (AvgIpc) is 2.29. The van der Waals surface area contributed by atoms with Crippen molar-refractivity contribution in [2.24, 2.45) is 0 Å². The van der Waals surface area contributed by atoms with Crippen LogP contribution in [0.2, 0.25) is 0 Å². The molecule has 0 aromatic carbocycles. The van der Waals surface area contributed by atoms with Gasteiger partial charge in [0.1, 0.15) is 0 Å². The van der Waals surface area contributed by atoms with Gasteiger partial charge in [-0.1, -0.05) is 0 Å². The number of nitrogens with zero attached hydrogens (tertiary/aromatic N) is 2. The number of pyridine rings is 1. The summed E-state index contributed by atoms with van der Waals surface area (Å²) < 4.78 is 5.32. The van der Waals surface area contributed by atoms with Gasteiger partial charge in [0.05, 0.1) is 30.7 Å². The zero-order valence-electron chi connectivity index (χ0n) is 9.09. The van der Waals surface area contributed by atoms with Gasteiger partial charge in [-0.3, -0.25) is 4.98 Å². The van der Waals surface area contributed by atoms with Gasteiger partial charge in [-0.15, -0.1) is 0 Å². The molecule has 0 saturated carbocycles. The summed E-state index contributed by atoms with van der Waals surface area (Å²) in [6.45, 7) is 3.96. The average molecular weight is 222 g/mol. The number of carbonyl (C=O) groups is 1. The van der Waals surface area contributed by atoms with Gasteiger partial charge >= 0.3 is 5.97 Å². The Bertz CT molecular complexity index is 395. The Morgan fingerprint density at radius 3 is 3.19 bits per heavy atom. The van der Waals surface area contributed by atoms with Crippen LogP contribution in [0.4, 0.5) is 5.69 Å². The molecule has 0 amide bonds. The molecule has 1 aliphatic heterocycles. The highest BCUT2D eigenvalue weighted by atomic mass is 16.5. The number of morpholine rings is 1. The molecular formula is C11H14N2O3. The van der Waals surface area contributed by atoms with Gasteiger partial charge in [0.15, 0.2) is 0 Å². The Balaban J connectivity index is 2.34. The molecule has 5 nitrogen and oxygen atoms in total. The van der Waals surface area contributed by atoms with Crippen LogP contribution in [-0.2, 0) is 4.74 Å². The lowest BCUT2D eigenvalue weighted by molar-refractivity contribution is 0.0694. The molecule has 1 fully saturated rings. The number of ether oxygens (including phenoxy) is 1. The van der Waals surface area contributed by atoms with Crippen molar-refractivity contribution in [3.63, 3.8) is 0 Å². The second kappa shape index (κ2) is 4.49. The molecular weight excluding hydrogens is 208 g/mol. The van der Waals surface area contributed by atoms with Crippen molar-refractivity contribution in [2.45, 2.75) is 13.0 Å². The van der Waals surface area contributed by atoms with Crippen molar-refractivity contribution in [3.05, 3.63) is 24.0 Å². The van der Waals surface area contributed by atoms with Crippen LogP contribution in [0.25, 0.3) is 0 Å². The van der Waals surface area contributed by atoms with Crippen molar-refractivity contribution in [1.29, 1.82) is 0 Å². The van der Waals surface area contributed by atoms with Crippen LogP contribution < -0.4 is 4.90 Å². The van der Waals surface area contributed by atoms with Crippen LogP contribution in [0, 0.1) is 0 Å². The van der Waals surface area contributed by atoms with Crippen LogP contribution >= 0.6 is 0 Å². The van der Waals surface area contributed by atoms with Gasteiger partial charge in [-0.25, -0.2) is 4.79 Å². The van der Waals surface area contributed by atoms with Crippen LogP contribution in [0.1, 0.15) is 17.3 Å². The molecule has 5 heteroatoms. The van der Waals surface area contributed by atoms with Crippen LogP contribution in [-0.4, -0.2) is 41.9 Å². The third kappa shape index (κ3) is 1.99. The largest absolute Gasteiger partial charge is 0.478 e. The topological polar surface area (TPSA) is 62.7 Å². The minimum atomic E-state index is -0.920. The number of aromatic carboxylic acids is 1. The molecule has 0 aliphatic carbocycles. The monoisotopic (exact) mass is 222 g/mol. The van der Waals surface area contributed by atoms with E-state index in [4.69, 9.17) is 9.84 Å². The number of rotatable bonds is 2. The summed E-state index contributed by atoms with van der Waals surface area (Å²) >= 11 is 0. The zero-order valence-corrected chi connectivity index (χ0v) is 9.09. The molecule has 0 bridgehead atoms. The van der Waals surface area contributed by atoms with Gasteiger partial charge in [0.2, 0.25) is 0 Å². The van der Waals surface area contributed by atoms with Gasteiger partial charge in [-0.2, -0.15) is 0 Å². The van der Waals surface area contributed by atoms with Gasteiger partial charge in [0.25, 0.3) is 0 Å². The highest BCUT2D eigenvalue weighted by Gasteiger charge is 2.23. The number of carboxylic acid groups (broad SMARTS) is 1. The molecule has 86 valence electrons. The molecule has 1 saturated heterocycles. The van der Waals surface area contributed by atoms with Gasteiger partial charge in [0, 0.05) is 18.8 Å². The van der Waals surface area contributed by atoms with E-state index in [0.29, 0.717) is 31.0 Å². The van der Waals surface area contributed by atoms with Crippen molar-refractivity contribution in [3.8, 4) is 0 Å². The van der Waals surface area contributed by atoms with E-state index in [9.17, 15) is 4.79 Å². The molecule has 1 unspecified atom stereocenters. The number of hydrogen-bond acceptors (Lipinski definition) is 4. The smallest absolute Gasteiger partial charge is 0.337 e. The fourth-order valence-electron chi connectivity index (χ4n) is 1.88. The Morgan fingerprint density at radius 1 is 1.69 bits per heavy atom. The minimum Gasteiger partial charge on any atom is -0.478 e. The predicted molar refractivity (Wildman–Crippen MR) is 58.8 cm³/mol. The van der Waals surface area contributed by atoms with Gasteiger partial charge < -0.3 is 14.7 Å². The Labute approximate surface area is 93.7 Å². The van der Waals surface area contributed by atoms with Gasteiger partial charge in [-0.05, 0) is 13.0 Å². The fraction of sp³-hybridized carbons (Fsp3) is 0.455. The van der Waals surface area contributed by atoms with Crippen molar-refractivity contribution < 1.29 is 14.6 Å². The van der Waals surface area contributed by atoms with Crippen LogP contribution in [0.5, 0.6) is 0 Å². The maximum atomic E-state index is 11.1. The first-order chi connectivity index (χ1) is 7.70. The first-order valence-corrected chi connectivity index (χ1v) is 5.22. The zero-order chi connectivity index (χ0) is 11.5. The molecule has 1 N–H and O–H groups in total.